The monoisotopic (exact) mass is 293 g/mol. The van der Waals surface area contributed by atoms with E-state index in [2.05, 4.69) is 26.2 Å². The molecule has 0 saturated heterocycles. The molecule has 0 aliphatic rings. The Morgan fingerprint density at radius 3 is 2.88 bits per heavy atom. The van der Waals surface area contributed by atoms with Crippen molar-refractivity contribution in [2.75, 3.05) is 18.2 Å². The van der Waals surface area contributed by atoms with Gasteiger partial charge in [-0.05, 0) is 34.1 Å². The topological polar surface area (TPSA) is 60.2 Å². The molecule has 88 valence electrons. The Labute approximate surface area is 108 Å². The van der Waals surface area contributed by atoms with E-state index in [1.54, 1.807) is 19.5 Å². The van der Waals surface area contributed by atoms with Gasteiger partial charge in [0.1, 0.15) is 5.75 Å². The van der Waals surface area contributed by atoms with Crippen molar-refractivity contribution in [3.8, 4) is 5.75 Å². The van der Waals surface area contributed by atoms with E-state index in [1.165, 1.54) is 0 Å². The number of nitrogens with zero attached hydrogens (tertiary/aromatic N) is 1. The molecule has 4 nitrogen and oxygen atoms in total. The maximum absolute atomic E-state index is 5.80. The molecule has 0 spiro atoms. The molecule has 0 unspecified atom stereocenters. The van der Waals surface area contributed by atoms with E-state index < -0.39 is 0 Å². The molecule has 17 heavy (non-hydrogen) atoms. The zero-order valence-electron chi connectivity index (χ0n) is 9.27. The molecule has 2 aromatic rings. The van der Waals surface area contributed by atoms with Gasteiger partial charge >= 0.3 is 0 Å². The normalized spacial score (nSPS) is 10.0. The van der Waals surface area contributed by atoms with E-state index >= 15 is 0 Å². The predicted octanol–water partition coefficient (Wildman–Crippen LogP) is 3.18. The van der Waals surface area contributed by atoms with E-state index in [1.807, 2.05) is 24.3 Å². The number of hydrogen-bond acceptors (Lipinski definition) is 4. The van der Waals surface area contributed by atoms with Gasteiger partial charge in [-0.1, -0.05) is 0 Å². The van der Waals surface area contributed by atoms with Gasteiger partial charge in [-0.15, -0.1) is 0 Å². The lowest BCUT2D eigenvalue weighted by Gasteiger charge is -2.10. The van der Waals surface area contributed by atoms with Crippen molar-refractivity contribution in [3.05, 3.63) is 41.1 Å². The number of rotatable bonds is 3. The molecule has 0 saturated carbocycles. The maximum atomic E-state index is 5.80. The predicted molar refractivity (Wildman–Crippen MR) is 72.6 cm³/mol. The number of halogens is 1. The number of methoxy groups -OCH3 is 1. The van der Waals surface area contributed by atoms with Crippen LogP contribution < -0.4 is 15.8 Å². The highest BCUT2D eigenvalue weighted by atomic mass is 79.9. The molecule has 0 aliphatic carbocycles. The Balaban J connectivity index is 2.28. The molecule has 0 bridgehead atoms. The van der Waals surface area contributed by atoms with Crippen LogP contribution >= 0.6 is 15.9 Å². The minimum atomic E-state index is 0.606. The fourth-order valence-corrected chi connectivity index (χ4v) is 1.82. The van der Waals surface area contributed by atoms with Crippen molar-refractivity contribution in [2.24, 2.45) is 0 Å². The summed E-state index contributed by atoms with van der Waals surface area (Å²) < 4.78 is 6.13. The average Bonchev–Trinajstić information content (AvgIpc) is 2.34. The number of nitrogen functional groups attached to an aromatic ring is 1. The zero-order chi connectivity index (χ0) is 12.3. The van der Waals surface area contributed by atoms with Gasteiger partial charge in [-0.25, -0.2) is 0 Å². The molecule has 2 rings (SSSR count). The van der Waals surface area contributed by atoms with Crippen LogP contribution in [0, 0.1) is 0 Å². The quantitative estimate of drug-likeness (QED) is 0.912. The molecule has 0 fully saturated rings. The molecule has 0 aliphatic heterocycles. The van der Waals surface area contributed by atoms with Crippen LogP contribution in [0.2, 0.25) is 0 Å². The van der Waals surface area contributed by atoms with Crippen molar-refractivity contribution in [3.63, 3.8) is 0 Å². The Hall–Kier alpha value is -1.75. The summed E-state index contributed by atoms with van der Waals surface area (Å²) in [5.74, 6) is 0.766. The highest BCUT2D eigenvalue weighted by Gasteiger charge is 2.03. The van der Waals surface area contributed by atoms with Gasteiger partial charge in [0.25, 0.3) is 0 Å². The highest BCUT2D eigenvalue weighted by Crippen LogP contribution is 2.30. The second-order valence-corrected chi connectivity index (χ2v) is 4.29. The third-order valence-corrected chi connectivity index (χ3v) is 2.94. The van der Waals surface area contributed by atoms with Gasteiger partial charge in [0, 0.05) is 18.0 Å². The molecular formula is C12H12BrN3O. The Morgan fingerprint density at radius 2 is 2.18 bits per heavy atom. The van der Waals surface area contributed by atoms with Gasteiger partial charge < -0.3 is 15.8 Å². The largest absolute Gasteiger partial charge is 0.495 e. The van der Waals surface area contributed by atoms with Crippen LogP contribution in [0.4, 0.5) is 17.1 Å². The number of hydrogen-bond donors (Lipinski definition) is 2. The number of benzene rings is 1. The van der Waals surface area contributed by atoms with E-state index in [-0.39, 0.29) is 0 Å². The second kappa shape index (κ2) is 5.05. The number of aromatic nitrogens is 1. The summed E-state index contributed by atoms with van der Waals surface area (Å²) >= 11 is 3.40. The van der Waals surface area contributed by atoms with Crippen molar-refractivity contribution in [2.45, 2.75) is 0 Å². The van der Waals surface area contributed by atoms with Gasteiger partial charge in [0.2, 0.25) is 0 Å². The maximum Gasteiger partial charge on any atom is 0.135 e. The first-order chi connectivity index (χ1) is 8.20. The summed E-state index contributed by atoms with van der Waals surface area (Å²) in [6.07, 6.45) is 3.30. The summed E-state index contributed by atoms with van der Waals surface area (Å²) in [4.78, 5) is 3.94. The van der Waals surface area contributed by atoms with Crippen LogP contribution in [0.5, 0.6) is 5.75 Å². The first kappa shape index (κ1) is 11.7. The average molecular weight is 294 g/mol. The van der Waals surface area contributed by atoms with Crippen LogP contribution in [0.15, 0.2) is 41.1 Å². The number of pyridine rings is 1. The van der Waals surface area contributed by atoms with Crippen LogP contribution in [0.1, 0.15) is 0 Å². The third-order valence-electron chi connectivity index (χ3n) is 2.28. The van der Waals surface area contributed by atoms with Gasteiger partial charge in [-0.3, -0.25) is 4.98 Å². The summed E-state index contributed by atoms with van der Waals surface area (Å²) in [7, 11) is 1.63. The minimum Gasteiger partial charge on any atom is -0.495 e. The first-order valence-electron chi connectivity index (χ1n) is 5.01. The number of nitrogens with two attached hydrogens (primary N) is 1. The van der Waals surface area contributed by atoms with Crippen molar-refractivity contribution in [1.82, 2.24) is 4.98 Å². The second-order valence-electron chi connectivity index (χ2n) is 3.44. The molecule has 1 heterocycles. The Morgan fingerprint density at radius 1 is 1.35 bits per heavy atom. The minimum absolute atomic E-state index is 0.606. The van der Waals surface area contributed by atoms with Crippen LogP contribution in [0.25, 0.3) is 0 Å². The van der Waals surface area contributed by atoms with Gasteiger partial charge in [0.15, 0.2) is 0 Å². The Kier molecular flexibility index (Phi) is 3.49. The summed E-state index contributed by atoms with van der Waals surface area (Å²) in [5.41, 5.74) is 8.14. The fraction of sp³-hybridized carbons (Fsp3) is 0.0833. The summed E-state index contributed by atoms with van der Waals surface area (Å²) in [5, 5.41) is 3.21. The molecule has 5 heteroatoms. The molecule has 1 aromatic heterocycles. The third kappa shape index (κ3) is 2.68. The van der Waals surface area contributed by atoms with Crippen molar-refractivity contribution >= 4 is 33.0 Å². The lowest BCUT2D eigenvalue weighted by atomic mass is 10.2. The molecule has 0 atom stereocenters. The van der Waals surface area contributed by atoms with Crippen molar-refractivity contribution in [1.29, 1.82) is 0 Å². The van der Waals surface area contributed by atoms with E-state index in [0.717, 1.165) is 21.6 Å². The van der Waals surface area contributed by atoms with Crippen molar-refractivity contribution < 1.29 is 4.74 Å². The lowest BCUT2D eigenvalue weighted by Crippen LogP contribution is -1.97. The lowest BCUT2D eigenvalue weighted by molar-refractivity contribution is 0.412. The number of nitrogens with one attached hydrogen (secondary N) is 1. The molecule has 0 radical (unpaired) electrons. The van der Waals surface area contributed by atoms with E-state index in [0.29, 0.717) is 5.69 Å². The molecule has 0 amide bonds. The van der Waals surface area contributed by atoms with E-state index in [4.69, 9.17) is 10.5 Å². The summed E-state index contributed by atoms with van der Waals surface area (Å²) in [6, 6.07) is 7.57. The fourth-order valence-electron chi connectivity index (χ4n) is 1.41. The summed E-state index contributed by atoms with van der Waals surface area (Å²) in [6.45, 7) is 0. The van der Waals surface area contributed by atoms with Crippen LogP contribution in [0.3, 0.4) is 0 Å². The van der Waals surface area contributed by atoms with Gasteiger partial charge in [-0.2, -0.15) is 0 Å². The molecule has 1 aromatic carbocycles. The molecular weight excluding hydrogens is 282 g/mol. The van der Waals surface area contributed by atoms with Gasteiger partial charge in [0.05, 0.1) is 29.2 Å². The Bertz CT molecular complexity index is 531. The highest BCUT2D eigenvalue weighted by molar-refractivity contribution is 9.10. The first-order valence-corrected chi connectivity index (χ1v) is 5.80. The zero-order valence-corrected chi connectivity index (χ0v) is 10.9. The standard InChI is InChI=1S/C12H12BrN3O/c1-17-12-6-8(2-3-9(12)13)16-11-4-5-15-7-10(11)14/h2-7H,14H2,1H3,(H,15,16). The van der Waals surface area contributed by atoms with Crippen LogP contribution in [-0.4, -0.2) is 12.1 Å². The van der Waals surface area contributed by atoms with Crippen LogP contribution in [-0.2, 0) is 0 Å². The SMILES string of the molecule is COc1cc(Nc2ccncc2N)ccc1Br. The van der Waals surface area contributed by atoms with E-state index in [9.17, 15) is 0 Å². The number of ether oxygens (including phenoxy) is 1. The number of anilines is 3. The molecule has 3 N–H and O–H groups in total. The smallest absolute Gasteiger partial charge is 0.135 e.